The Bertz CT molecular complexity index is 765. The van der Waals surface area contributed by atoms with E-state index in [1.54, 1.807) is 4.90 Å². The van der Waals surface area contributed by atoms with Crippen molar-refractivity contribution in [3.8, 4) is 0 Å². The Morgan fingerprint density at radius 1 is 1.12 bits per heavy atom. The normalized spacial score (nSPS) is 23.2. The smallest absolute Gasteiger partial charge is 0.243 e. The fourth-order valence-corrected chi connectivity index (χ4v) is 4.52. The zero-order chi connectivity index (χ0) is 24.9. The van der Waals surface area contributed by atoms with E-state index in [-0.39, 0.29) is 30.2 Å². The third-order valence-corrected chi connectivity index (χ3v) is 6.50. The third kappa shape index (κ3) is 8.09. The molecule has 3 rings (SSSR count). The van der Waals surface area contributed by atoms with E-state index < -0.39 is 12.1 Å². The highest BCUT2D eigenvalue weighted by atomic mass is 16.2. The summed E-state index contributed by atoms with van der Waals surface area (Å²) in [6, 6.07) is 8.79. The van der Waals surface area contributed by atoms with Crippen LogP contribution in [0.1, 0.15) is 64.9 Å². The number of carbonyl (C=O) groups excluding carboxylic acids is 3. The Balaban J connectivity index is 0.00000199. The number of piperidine rings is 2. The van der Waals surface area contributed by atoms with Gasteiger partial charge in [0.15, 0.2) is 0 Å². The van der Waals surface area contributed by atoms with Crippen molar-refractivity contribution < 1.29 is 14.4 Å². The number of rotatable bonds is 8. The molecule has 4 atom stereocenters. The van der Waals surface area contributed by atoms with Crippen LogP contribution in [0.4, 0.5) is 0 Å². The summed E-state index contributed by atoms with van der Waals surface area (Å²) in [6.07, 6.45) is 4.56. The van der Waals surface area contributed by atoms with E-state index in [9.17, 15) is 14.4 Å². The van der Waals surface area contributed by atoms with Crippen LogP contribution in [0.3, 0.4) is 0 Å². The molecule has 2 aliphatic rings. The molecule has 0 spiro atoms. The summed E-state index contributed by atoms with van der Waals surface area (Å²) in [5, 5.41) is 9.13. The fraction of sp³-hybridized carbons (Fsp3) is 0.654. The monoisotopic (exact) mass is 473 g/mol. The quantitative estimate of drug-likeness (QED) is 0.460. The van der Waals surface area contributed by atoms with E-state index in [2.05, 4.69) is 22.9 Å². The average Bonchev–Trinajstić information content (AvgIpc) is 2.88. The van der Waals surface area contributed by atoms with Gasteiger partial charge in [-0.05, 0) is 57.6 Å². The maximum absolute atomic E-state index is 13.2. The maximum Gasteiger partial charge on any atom is 0.243 e. The van der Waals surface area contributed by atoms with Crippen LogP contribution >= 0.6 is 0 Å². The van der Waals surface area contributed by atoms with E-state index in [4.69, 9.17) is 5.73 Å². The van der Waals surface area contributed by atoms with Gasteiger partial charge in [0.2, 0.25) is 17.7 Å². The maximum atomic E-state index is 13.2. The van der Waals surface area contributed by atoms with Gasteiger partial charge in [-0.1, -0.05) is 44.2 Å². The molecule has 3 amide bonds. The molecule has 8 nitrogen and oxygen atoms in total. The summed E-state index contributed by atoms with van der Waals surface area (Å²) in [4.78, 5) is 40.8. The molecule has 0 aliphatic carbocycles. The van der Waals surface area contributed by atoms with Gasteiger partial charge in [0.1, 0.15) is 12.1 Å². The molecule has 34 heavy (non-hydrogen) atoms. The van der Waals surface area contributed by atoms with Crippen molar-refractivity contribution in [2.24, 2.45) is 11.7 Å². The van der Waals surface area contributed by atoms with E-state index in [0.717, 1.165) is 31.2 Å². The molecule has 0 saturated carbocycles. The molecule has 0 aromatic heterocycles. The highest BCUT2D eigenvalue weighted by Crippen LogP contribution is 2.23. The molecular formula is C26H43N5O3. The average molecular weight is 474 g/mol. The summed E-state index contributed by atoms with van der Waals surface area (Å²) in [5.41, 5.74) is 6.69. The van der Waals surface area contributed by atoms with Crippen molar-refractivity contribution in [3.63, 3.8) is 0 Å². The molecule has 2 saturated heterocycles. The second-order valence-electron chi connectivity index (χ2n) is 8.97. The number of amides is 3. The van der Waals surface area contributed by atoms with E-state index in [1.807, 2.05) is 44.2 Å². The molecule has 4 unspecified atom stereocenters. The molecule has 190 valence electrons. The molecule has 2 heterocycles. The highest BCUT2D eigenvalue weighted by molar-refractivity contribution is 5.92. The number of nitrogens with two attached hydrogens (primary N) is 1. The Labute approximate surface area is 204 Å². The SMILES string of the molecule is CC.CC1CCC(C(=O)N2CCCCC2C(=O)NC(CCN)C(=O)NCc2ccccc2)CN1. The number of hydrogen-bond donors (Lipinski definition) is 4. The van der Waals surface area contributed by atoms with Gasteiger partial charge in [0, 0.05) is 25.7 Å². The first-order chi connectivity index (χ1) is 16.5. The van der Waals surface area contributed by atoms with Gasteiger partial charge in [0.25, 0.3) is 0 Å². The topological polar surface area (TPSA) is 117 Å². The summed E-state index contributed by atoms with van der Waals surface area (Å²) in [5.74, 6) is -0.558. The second-order valence-corrected chi connectivity index (χ2v) is 8.97. The molecular weight excluding hydrogens is 430 g/mol. The Morgan fingerprint density at radius 2 is 1.85 bits per heavy atom. The number of nitrogens with zero attached hydrogens (tertiary/aromatic N) is 1. The van der Waals surface area contributed by atoms with Crippen LogP contribution in [0.25, 0.3) is 0 Å². The number of benzene rings is 1. The first-order valence-electron chi connectivity index (χ1n) is 12.9. The van der Waals surface area contributed by atoms with E-state index in [0.29, 0.717) is 38.5 Å². The van der Waals surface area contributed by atoms with Crippen molar-refractivity contribution >= 4 is 17.7 Å². The summed E-state index contributed by atoms with van der Waals surface area (Å²) in [6.45, 7) is 8.03. The molecule has 2 aliphatic heterocycles. The first-order valence-corrected chi connectivity index (χ1v) is 12.9. The summed E-state index contributed by atoms with van der Waals surface area (Å²) >= 11 is 0. The lowest BCUT2D eigenvalue weighted by Gasteiger charge is -2.39. The van der Waals surface area contributed by atoms with Crippen LogP contribution in [-0.2, 0) is 20.9 Å². The minimum Gasteiger partial charge on any atom is -0.350 e. The largest absolute Gasteiger partial charge is 0.350 e. The molecule has 1 aromatic carbocycles. The first kappa shape index (κ1) is 27.8. The minimum atomic E-state index is -0.715. The van der Waals surface area contributed by atoms with Crippen molar-refractivity contribution in [1.82, 2.24) is 20.9 Å². The number of nitrogens with one attached hydrogen (secondary N) is 3. The van der Waals surface area contributed by atoms with Gasteiger partial charge >= 0.3 is 0 Å². The third-order valence-electron chi connectivity index (χ3n) is 6.50. The van der Waals surface area contributed by atoms with Crippen molar-refractivity contribution in [3.05, 3.63) is 35.9 Å². The Kier molecular flexibility index (Phi) is 12.0. The van der Waals surface area contributed by atoms with Crippen LogP contribution < -0.4 is 21.7 Å². The van der Waals surface area contributed by atoms with Crippen LogP contribution in [0.2, 0.25) is 0 Å². The fourth-order valence-electron chi connectivity index (χ4n) is 4.52. The van der Waals surface area contributed by atoms with Crippen molar-refractivity contribution in [2.45, 2.75) is 84.0 Å². The molecule has 2 fully saturated rings. The zero-order valence-corrected chi connectivity index (χ0v) is 21.0. The van der Waals surface area contributed by atoms with Crippen LogP contribution in [0.5, 0.6) is 0 Å². The van der Waals surface area contributed by atoms with Gasteiger partial charge in [-0.3, -0.25) is 14.4 Å². The number of hydrogen-bond acceptors (Lipinski definition) is 5. The van der Waals surface area contributed by atoms with Crippen LogP contribution in [0, 0.1) is 5.92 Å². The van der Waals surface area contributed by atoms with Gasteiger partial charge in [0.05, 0.1) is 5.92 Å². The van der Waals surface area contributed by atoms with E-state index in [1.165, 1.54) is 0 Å². The van der Waals surface area contributed by atoms with Crippen LogP contribution in [0.15, 0.2) is 30.3 Å². The van der Waals surface area contributed by atoms with Crippen LogP contribution in [-0.4, -0.2) is 60.4 Å². The van der Waals surface area contributed by atoms with Crippen molar-refractivity contribution in [2.75, 3.05) is 19.6 Å². The van der Waals surface area contributed by atoms with Crippen molar-refractivity contribution in [1.29, 1.82) is 0 Å². The molecule has 0 radical (unpaired) electrons. The van der Waals surface area contributed by atoms with Gasteiger partial charge in [-0.15, -0.1) is 0 Å². The van der Waals surface area contributed by atoms with E-state index >= 15 is 0 Å². The molecule has 5 N–H and O–H groups in total. The lowest BCUT2D eigenvalue weighted by molar-refractivity contribution is -0.146. The Morgan fingerprint density at radius 3 is 2.50 bits per heavy atom. The van der Waals surface area contributed by atoms with Gasteiger partial charge in [-0.2, -0.15) is 0 Å². The second kappa shape index (κ2) is 14.7. The lowest BCUT2D eigenvalue weighted by atomic mass is 9.91. The number of likely N-dealkylation sites (tertiary alicyclic amines) is 1. The standard InChI is InChI=1S/C24H37N5O3.C2H6/c1-17-10-11-19(16-26-17)24(32)29-14-6-5-9-21(29)23(31)28-20(12-13-25)22(30)27-15-18-7-3-2-4-8-18;1-2/h2-4,7-8,17,19-21,26H,5-6,9-16,25H2,1H3,(H,27,30)(H,28,31);1-2H3. The predicted molar refractivity (Wildman–Crippen MR) is 135 cm³/mol. The minimum absolute atomic E-state index is 0.0492. The molecule has 0 bridgehead atoms. The highest BCUT2D eigenvalue weighted by Gasteiger charge is 2.37. The summed E-state index contributed by atoms with van der Waals surface area (Å²) in [7, 11) is 0. The van der Waals surface area contributed by atoms with Gasteiger partial charge in [-0.25, -0.2) is 0 Å². The number of carbonyl (C=O) groups is 3. The van der Waals surface area contributed by atoms with Gasteiger partial charge < -0.3 is 26.6 Å². The Hall–Kier alpha value is -2.45. The lowest BCUT2D eigenvalue weighted by Crippen LogP contribution is -2.58. The zero-order valence-electron chi connectivity index (χ0n) is 21.0. The predicted octanol–water partition coefficient (Wildman–Crippen LogP) is 1.93. The summed E-state index contributed by atoms with van der Waals surface area (Å²) < 4.78 is 0. The molecule has 8 heteroatoms. The molecule has 1 aromatic rings.